The van der Waals surface area contributed by atoms with Gasteiger partial charge in [0.2, 0.25) is 0 Å². The van der Waals surface area contributed by atoms with E-state index in [0.29, 0.717) is 25.2 Å². The molecule has 7 nitrogen and oxygen atoms in total. The van der Waals surface area contributed by atoms with E-state index in [9.17, 15) is 4.79 Å². The molecule has 0 aliphatic rings. The van der Waals surface area contributed by atoms with E-state index in [2.05, 4.69) is 15.3 Å². The Morgan fingerprint density at radius 3 is 2.90 bits per heavy atom. The fraction of sp³-hybridized carbons (Fsp3) is 0.385. The Kier molecular flexibility index (Phi) is 4.41. The second kappa shape index (κ2) is 6.25. The lowest BCUT2D eigenvalue weighted by atomic mass is 10.2. The molecular formula is C13H17N5O2. The maximum absolute atomic E-state index is 11.6. The van der Waals surface area contributed by atoms with Crippen molar-refractivity contribution >= 4 is 5.97 Å². The van der Waals surface area contributed by atoms with Crippen molar-refractivity contribution in [2.24, 2.45) is 5.73 Å². The molecule has 2 rings (SSSR count). The summed E-state index contributed by atoms with van der Waals surface area (Å²) in [6, 6.07) is 2.01. The van der Waals surface area contributed by atoms with E-state index in [1.165, 1.54) is 7.11 Å². The molecule has 0 radical (unpaired) electrons. The number of pyridine rings is 1. The normalized spacial score (nSPS) is 10.6. The minimum atomic E-state index is -0.498. The standard InChI is InChI=1S/C13H17N5O2/c1-9-5-10(7-15-6-9)8-18-11(3-4-14)12(16-17-18)13(19)20-2/h5-7H,3-4,8,14H2,1-2H3. The lowest BCUT2D eigenvalue weighted by molar-refractivity contribution is 0.0592. The van der Waals surface area contributed by atoms with Gasteiger partial charge in [-0.05, 0) is 24.6 Å². The lowest BCUT2D eigenvalue weighted by Crippen LogP contribution is -2.15. The molecule has 2 heterocycles. The number of aromatic nitrogens is 4. The zero-order valence-electron chi connectivity index (χ0n) is 11.5. The molecule has 0 aliphatic carbocycles. The molecule has 2 N–H and O–H groups in total. The predicted octanol–water partition coefficient (Wildman–Crippen LogP) is 0.318. The van der Waals surface area contributed by atoms with Crippen molar-refractivity contribution in [2.45, 2.75) is 19.9 Å². The topological polar surface area (TPSA) is 95.9 Å². The van der Waals surface area contributed by atoms with Crippen molar-refractivity contribution in [1.82, 2.24) is 20.0 Å². The second-order valence-electron chi connectivity index (χ2n) is 4.44. The van der Waals surface area contributed by atoms with Gasteiger partial charge in [0.05, 0.1) is 19.3 Å². The molecule has 2 aromatic heterocycles. The fourth-order valence-corrected chi connectivity index (χ4v) is 1.98. The Labute approximate surface area is 116 Å². The van der Waals surface area contributed by atoms with E-state index in [4.69, 9.17) is 10.5 Å². The Morgan fingerprint density at radius 2 is 2.25 bits per heavy atom. The van der Waals surface area contributed by atoms with Crippen LogP contribution in [0.25, 0.3) is 0 Å². The van der Waals surface area contributed by atoms with Gasteiger partial charge in [0.1, 0.15) is 0 Å². The number of esters is 1. The molecule has 0 atom stereocenters. The van der Waals surface area contributed by atoms with E-state index in [1.807, 2.05) is 13.0 Å². The van der Waals surface area contributed by atoms with Gasteiger partial charge in [-0.15, -0.1) is 5.10 Å². The number of carbonyl (C=O) groups excluding carboxylic acids is 1. The summed E-state index contributed by atoms with van der Waals surface area (Å²) >= 11 is 0. The van der Waals surface area contributed by atoms with Crippen molar-refractivity contribution < 1.29 is 9.53 Å². The van der Waals surface area contributed by atoms with Gasteiger partial charge < -0.3 is 10.5 Å². The number of carbonyl (C=O) groups is 1. The number of aryl methyl sites for hydroxylation is 1. The van der Waals surface area contributed by atoms with Crippen molar-refractivity contribution in [3.05, 3.63) is 41.0 Å². The van der Waals surface area contributed by atoms with Crippen LogP contribution in [0.15, 0.2) is 18.5 Å². The van der Waals surface area contributed by atoms with Gasteiger partial charge in [-0.25, -0.2) is 9.48 Å². The zero-order chi connectivity index (χ0) is 14.5. The maximum atomic E-state index is 11.6. The van der Waals surface area contributed by atoms with Gasteiger partial charge in [-0.3, -0.25) is 4.98 Å². The molecule has 0 fully saturated rings. The fourth-order valence-electron chi connectivity index (χ4n) is 1.98. The molecule has 0 aliphatic heterocycles. The number of methoxy groups -OCH3 is 1. The van der Waals surface area contributed by atoms with Gasteiger partial charge in [-0.1, -0.05) is 11.3 Å². The molecule has 2 aromatic rings. The highest BCUT2D eigenvalue weighted by Gasteiger charge is 2.19. The van der Waals surface area contributed by atoms with Crippen LogP contribution in [0.2, 0.25) is 0 Å². The third kappa shape index (κ3) is 3.00. The molecule has 0 saturated heterocycles. The highest BCUT2D eigenvalue weighted by molar-refractivity contribution is 5.88. The summed E-state index contributed by atoms with van der Waals surface area (Å²) in [5.41, 5.74) is 8.54. The molecule has 0 aromatic carbocycles. The summed E-state index contributed by atoms with van der Waals surface area (Å²) < 4.78 is 6.36. The van der Waals surface area contributed by atoms with Crippen LogP contribution in [-0.2, 0) is 17.7 Å². The van der Waals surface area contributed by atoms with E-state index in [1.54, 1.807) is 17.1 Å². The number of nitrogens with two attached hydrogens (primary N) is 1. The number of nitrogens with zero attached hydrogens (tertiary/aromatic N) is 4. The smallest absolute Gasteiger partial charge is 0.360 e. The molecule has 0 bridgehead atoms. The summed E-state index contributed by atoms with van der Waals surface area (Å²) in [4.78, 5) is 15.8. The molecule has 7 heteroatoms. The van der Waals surface area contributed by atoms with Crippen LogP contribution in [0.3, 0.4) is 0 Å². The zero-order valence-corrected chi connectivity index (χ0v) is 11.5. The first-order valence-corrected chi connectivity index (χ1v) is 6.27. The second-order valence-corrected chi connectivity index (χ2v) is 4.44. The van der Waals surface area contributed by atoms with Gasteiger partial charge >= 0.3 is 5.97 Å². The minimum Gasteiger partial charge on any atom is -0.464 e. The third-order valence-corrected chi connectivity index (χ3v) is 2.86. The first-order valence-electron chi connectivity index (χ1n) is 6.27. The number of hydrogen-bond acceptors (Lipinski definition) is 6. The molecule has 106 valence electrons. The maximum Gasteiger partial charge on any atom is 0.360 e. The molecule has 0 amide bonds. The van der Waals surface area contributed by atoms with Crippen LogP contribution >= 0.6 is 0 Å². The molecule has 0 unspecified atom stereocenters. The van der Waals surface area contributed by atoms with E-state index in [-0.39, 0.29) is 5.69 Å². The van der Waals surface area contributed by atoms with Crippen LogP contribution < -0.4 is 5.73 Å². The van der Waals surface area contributed by atoms with Crippen LogP contribution in [-0.4, -0.2) is 39.6 Å². The van der Waals surface area contributed by atoms with Crippen molar-refractivity contribution in [3.63, 3.8) is 0 Å². The SMILES string of the molecule is COC(=O)c1nnn(Cc2cncc(C)c2)c1CCN. The minimum absolute atomic E-state index is 0.221. The van der Waals surface area contributed by atoms with Gasteiger partial charge in [-0.2, -0.15) is 0 Å². The Hall–Kier alpha value is -2.28. The van der Waals surface area contributed by atoms with Gasteiger partial charge in [0.25, 0.3) is 0 Å². The third-order valence-electron chi connectivity index (χ3n) is 2.86. The lowest BCUT2D eigenvalue weighted by Gasteiger charge is -2.07. The van der Waals surface area contributed by atoms with Crippen LogP contribution in [0, 0.1) is 6.92 Å². The summed E-state index contributed by atoms with van der Waals surface area (Å²) in [6.07, 6.45) is 4.06. The highest BCUT2D eigenvalue weighted by atomic mass is 16.5. The average molecular weight is 275 g/mol. The average Bonchev–Trinajstić information content (AvgIpc) is 2.82. The van der Waals surface area contributed by atoms with Crippen LogP contribution in [0.4, 0.5) is 0 Å². The summed E-state index contributed by atoms with van der Waals surface area (Å²) in [7, 11) is 1.32. The highest BCUT2D eigenvalue weighted by Crippen LogP contribution is 2.11. The van der Waals surface area contributed by atoms with Crippen molar-refractivity contribution in [2.75, 3.05) is 13.7 Å². The summed E-state index contributed by atoms with van der Waals surface area (Å²) in [6.45, 7) is 2.87. The van der Waals surface area contributed by atoms with Crippen molar-refractivity contribution in [1.29, 1.82) is 0 Å². The molecule has 20 heavy (non-hydrogen) atoms. The first-order chi connectivity index (χ1) is 9.65. The van der Waals surface area contributed by atoms with Gasteiger partial charge in [0, 0.05) is 18.8 Å². The largest absolute Gasteiger partial charge is 0.464 e. The summed E-state index contributed by atoms with van der Waals surface area (Å²) in [5.74, 6) is -0.498. The quantitative estimate of drug-likeness (QED) is 0.789. The Morgan fingerprint density at radius 1 is 1.45 bits per heavy atom. The Balaban J connectivity index is 2.31. The Bertz CT molecular complexity index is 609. The number of ether oxygens (including phenoxy) is 1. The molecule has 0 saturated carbocycles. The summed E-state index contributed by atoms with van der Waals surface area (Å²) in [5, 5.41) is 7.90. The van der Waals surface area contributed by atoms with E-state index >= 15 is 0 Å². The van der Waals surface area contributed by atoms with Crippen LogP contribution in [0.5, 0.6) is 0 Å². The van der Waals surface area contributed by atoms with E-state index < -0.39 is 5.97 Å². The van der Waals surface area contributed by atoms with Crippen molar-refractivity contribution in [3.8, 4) is 0 Å². The number of hydrogen-bond donors (Lipinski definition) is 1. The molecular weight excluding hydrogens is 258 g/mol. The monoisotopic (exact) mass is 275 g/mol. The predicted molar refractivity (Wildman–Crippen MR) is 72.2 cm³/mol. The van der Waals surface area contributed by atoms with Gasteiger partial charge in [0.15, 0.2) is 5.69 Å². The molecule has 0 spiro atoms. The number of rotatable bonds is 5. The van der Waals surface area contributed by atoms with E-state index in [0.717, 1.165) is 11.1 Å². The first kappa shape index (κ1) is 14.1. The van der Waals surface area contributed by atoms with Crippen LogP contribution in [0.1, 0.15) is 27.3 Å².